The molecule has 1 rings (SSSR count). The van der Waals surface area contributed by atoms with E-state index in [-0.39, 0.29) is 6.54 Å². The summed E-state index contributed by atoms with van der Waals surface area (Å²) in [7, 11) is 0. The van der Waals surface area contributed by atoms with Crippen LogP contribution in [0.3, 0.4) is 0 Å². The third-order valence-corrected chi connectivity index (χ3v) is 1.87. The fourth-order valence-electron chi connectivity index (χ4n) is 1.15. The van der Waals surface area contributed by atoms with Gasteiger partial charge in [0.1, 0.15) is 5.56 Å². The highest BCUT2D eigenvalue weighted by Crippen LogP contribution is 2.19. The Balaban J connectivity index is 3.14. The van der Waals surface area contributed by atoms with Crippen LogP contribution in [0.4, 0.5) is 5.69 Å². The van der Waals surface area contributed by atoms with Crippen LogP contribution < -0.4 is 0 Å². The van der Waals surface area contributed by atoms with Crippen LogP contribution in [0.15, 0.2) is 23.3 Å². The molecular formula is C10H6N4O4. The molecular weight excluding hydrogens is 240 g/mol. The topological polar surface area (TPSA) is 129 Å². The molecule has 8 heteroatoms. The van der Waals surface area contributed by atoms with E-state index in [0.717, 1.165) is 12.1 Å². The normalized spacial score (nSPS) is 8.67. The second-order valence-electron chi connectivity index (χ2n) is 2.98. The number of nitro benzene ring substituents is 1. The maximum atomic E-state index is 10.8. The lowest BCUT2D eigenvalue weighted by Gasteiger charge is -1.98. The van der Waals surface area contributed by atoms with Gasteiger partial charge in [-0.25, -0.2) is 4.79 Å². The Hall–Kier alpha value is -3.04. The Morgan fingerprint density at radius 1 is 1.61 bits per heavy atom. The highest BCUT2D eigenvalue weighted by Gasteiger charge is 2.19. The first-order chi connectivity index (χ1) is 8.56. The van der Waals surface area contributed by atoms with Crippen molar-refractivity contribution < 1.29 is 14.8 Å². The van der Waals surface area contributed by atoms with Crippen molar-refractivity contribution in [3.05, 3.63) is 49.9 Å². The van der Waals surface area contributed by atoms with E-state index in [1.54, 1.807) is 0 Å². The summed E-state index contributed by atoms with van der Waals surface area (Å²) in [6, 6.07) is 3.50. The van der Waals surface area contributed by atoms with E-state index in [1.165, 1.54) is 6.07 Å². The molecule has 0 aliphatic heterocycles. The van der Waals surface area contributed by atoms with Gasteiger partial charge in [0.2, 0.25) is 0 Å². The quantitative estimate of drug-likeness (QED) is 0.218. The zero-order valence-electron chi connectivity index (χ0n) is 8.90. The van der Waals surface area contributed by atoms with Crippen LogP contribution in [0.25, 0.3) is 10.4 Å². The van der Waals surface area contributed by atoms with Gasteiger partial charge in [-0.3, -0.25) is 10.1 Å². The third-order valence-electron chi connectivity index (χ3n) is 1.87. The number of carboxylic acids is 1. The Morgan fingerprint density at radius 2 is 2.33 bits per heavy atom. The van der Waals surface area contributed by atoms with Gasteiger partial charge in [0.05, 0.1) is 11.5 Å². The van der Waals surface area contributed by atoms with Gasteiger partial charge in [-0.05, 0) is 17.7 Å². The average molecular weight is 246 g/mol. The molecule has 0 fully saturated rings. The first kappa shape index (κ1) is 13.0. The predicted molar refractivity (Wildman–Crippen MR) is 60.9 cm³/mol. The fraction of sp³-hybridized carbons (Fsp3) is 0.100. The predicted octanol–water partition coefficient (Wildman–Crippen LogP) is 1.95. The van der Waals surface area contributed by atoms with Crippen molar-refractivity contribution in [3.8, 4) is 11.8 Å². The van der Waals surface area contributed by atoms with Gasteiger partial charge in [0, 0.05) is 16.5 Å². The number of rotatable bonds is 3. The number of benzene rings is 1. The minimum absolute atomic E-state index is 0.0596. The van der Waals surface area contributed by atoms with Crippen LogP contribution in [-0.4, -0.2) is 22.5 Å². The molecule has 0 aliphatic rings. The van der Waals surface area contributed by atoms with E-state index in [4.69, 9.17) is 10.6 Å². The Labute approximate surface area is 101 Å². The molecule has 0 atom stereocenters. The average Bonchev–Trinajstić information content (AvgIpc) is 2.34. The van der Waals surface area contributed by atoms with Gasteiger partial charge in [0.25, 0.3) is 5.69 Å². The first-order valence-electron chi connectivity index (χ1n) is 4.57. The van der Waals surface area contributed by atoms with Crippen LogP contribution in [0.1, 0.15) is 15.9 Å². The third kappa shape index (κ3) is 3.23. The zero-order valence-corrected chi connectivity index (χ0v) is 8.90. The largest absolute Gasteiger partial charge is 0.477 e. The number of hydrogen-bond acceptors (Lipinski definition) is 4. The first-order valence-corrected chi connectivity index (χ1v) is 4.57. The molecule has 1 N–H and O–H groups in total. The maximum Gasteiger partial charge on any atom is 0.342 e. The van der Waals surface area contributed by atoms with Crippen molar-refractivity contribution >= 4 is 11.7 Å². The van der Waals surface area contributed by atoms with E-state index in [0.29, 0.717) is 5.56 Å². The summed E-state index contributed by atoms with van der Waals surface area (Å²) in [5.41, 5.74) is 7.38. The van der Waals surface area contributed by atoms with Gasteiger partial charge in [-0.1, -0.05) is 17.0 Å². The van der Waals surface area contributed by atoms with Crippen molar-refractivity contribution in [1.29, 1.82) is 0 Å². The van der Waals surface area contributed by atoms with E-state index in [1.807, 2.05) is 0 Å². The lowest BCUT2D eigenvalue weighted by Crippen LogP contribution is -2.02. The summed E-state index contributed by atoms with van der Waals surface area (Å²) in [5.74, 6) is 3.62. The number of carbonyl (C=O) groups is 1. The van der Waals surface area contributed by atoms with Crippen LogP contribution in [-0.2, 0) is 0 Å². The molecule has 0 saturated carbocycles. The number of azide groups is 1. The molecule has 0 amide bonds. The Morgan fingerprint density at radius 3 is 2.89 bits per heavy atom. The summed E-state index contributed by atoms with van der Waals surface area (Å²) in [6.07, 6.45) is 0. The standard InChI is InChI=1S/C10H6N4O4/c11-13-12-5-1-2-7-3-4-9(14(17)18)8(6-7)10(15)16/h3-4,6H,5H2,(H,15,16). The van der Waals surface area contributed by atoms with Crippen molar-refractivity contribution in [2.24, 2.45) is 5.11 Å². The molecule has 90 valence electrons. The maximum absolute atomic E-state index is 10.8. The van der Waals surface area contributed by atoms with Crippen molar-refractivity contribution in [2.45, 2.75) is 0 Å². The van der Waals surface area contributed by atoms with Crippen molar-refractivity contribution in [3.63, 3.8) is 0 Å². The molecule has 0 spiro atoms. The van der Waals surface area contributed by atoms with Gasteiger partial charge in [0.15, 0.2) is 0 Å². The van der Waals surface area contributed by atoms with E-state index < -0.39 is 22.1 Å². The SMILES string of the molecule is [N-]=[N+]=NCC#Cc1ccc([N+](=O)[O-])c(C(=O)O)c1. The van der Waals surface area contributed by atoms with E-state index in [2.05, 4.69) is 21.9 Å². The zero-order chi connectivity index (χ0) is 13.5. The summed E-state index contributed by atoms with van der Waals surface area (Å²) in [4.78, 5) is 23.1. The van der Waals surface area contributed by atoms with Crippen LogP contribution >= 0.6 is 0 Å². The second kappa shape index (κ2) is 5.89. The second-order valence-corrected chi connectivity index (χ2v) is 2.98. The van der Waals surface area contributed by atoms with Gasteiger partial charge >= 0.3 is 5.97 Å². The molecule has 8 nitrogen and oxygen atoms in total. The highest BCUT2D eigenvalue weighted by atomic mass is 16.6. The van der Waals surface area contributed by atoms with Crippen LogP contribution in [0.2, 0.25) is 0 Å². The number of aromatic carboxylic acids is 1. The molecule has 1 aromatic carbocycles. The van der Waals surface area contributed by atoms with Gasteiger partial charge in [-0.15, -0.1) is 0 Å². The van der Waals surface area contributed by atoms with E-state index in [9.17, 15) is 14.9 Å². The van der Waals surface area contributed by atoms with Gasteiger partial charge < -0.3 is 5.11 Å². The fourth-order valence-corrected chi connectivity index (χ4v) is 1.15. The molecule has 18 heavy (non-hydrogen) atoms. The molecule has 0 heterocycles. The molecule has 0 aliphatic carbocycles. The lowest BCUT2D eigenvalue weighted by molar-refractivity contribution is -0.385. The summed E-state index contributed by atoms with van der Waals surface area (Å²) in [5, 5.41) is 22.6. The van der Waals surface area contributed by atoms with Crippen molar-refractivity contribution in [1.82, 2.24) is 0 Å². The summed E-state index contributed by atoms with van der Waals surface area (Å²) >= 11 is 0. The summed E-state index contributed by atoms with van der Waals surface area (Å²) < 4.78 is 0. The minimum Gasteiger partial charge on any atom is -0.477 e. The molecule has 0 radical (unpaired) electrons. The molecule has 0 aromatic heterocycles. The number of carboxylic acid groups (broad SMARTS) is 1. The molecule has 0 saturated heterocycles. The molecule has 1 aromatic rings. The van der Waals surface area contributed by atoms with E-state index >= 15 is 0 Å². The number of nitrogens with zero attached hydrogens (tertiary/aromatic N) is 4. The molecule has 0 bridgehead atoms. The van der Waals surface area contributed by atoms with Gasteiger partial charge in [-0.2, -0.15) is 0 Å². The summed E-state index contributed by atoms with van der Waals surface area (Å²) in [6.45, 7) is -0.0596. The van der Waals surface area contributed by atoms with Crippen molar-refractivity contribution in [2.75, 3.05) is 6.54 Å². The Bertz CT molecular complexity index is 608. The minimum atomic E-state index is -1.40. The van der Waals surface area contributed by atoms with Crippen LogP contribution in [0, 0.1) is 22.0 Å². The number of nitro groups is 1. The Kier molecular flexibility index (Phi) is 4.26. The van der Waals surface area contributed by atoms with Crippen LogP contribution in [0.5, 0.6) is 0 Å². The lowest BCUT2D eigenvalue weighted by atomic mass is 10.1. The monoisotopic (exact) mass is 246 g/mol. The smallest absolute Gasteiger partial charge is 0.342 e. The highest BCUT2D eigenvalue weighted by molar-refractivity contribution is 5.92. The molecule has 0 unspecified atom stereocenters. The number of hydrogen-bond donors (Lipinski definition) is 1.